The Kier molecular flexibility index (Phi) is 5.86. The van der Waals surface area contributed by atoms with Crippen molar-refractivity contribution in [2.45, 2.75) is 0 Å². The van der Waals surface area contributed by atoms with Gasteiger partial charge in [-0.25, -0.2) is 0 Å². The summed E-state index contributed by atoms with van der Waals surface area (Å²) in [4.78, 5) is 23.9. The highest BCUT2D eigenvalue weighted by molar-refractivity contribution is 8.14. The van der Waals surface area contributed by atoms with Crippen LogP contribution in [0, 0.1) is 0 Å². The number of hydrogen-bond acceptors (Lipinski definition) is 4. The van der Waals surface area contributed by atoms with Gasteiger partial charge in [0.25, 0.3) is 0 Å². The molecule has 0 radical (unpaired) electrons. The lowest BCUT2D eigenvalue weighted by Crippen LogP contribution is -2.16. The zero-order valence-electron chi connectivity index (χ0n) is 11.8. The number of amides is 1. The van der Waals surface area contributed by atoms with Gasteiger partial charge in [0, 0.05) is 10.6 Å². The van der Waals surface area contributed by atoms with E-state index >= 15 is 0 Å². The van der Waals surface area contributed by atoms with Crippen LogP contribution in [-0.4, -0.2) is 23.9 Å². The molecule has 0 aliphatic rings. The molecule has 0 aliphatic carbocycles. The topological polar surface area (TPSA) is 55.4 Å². The van der Waals surface area contributed by atoms with E-state index in [-0.39, 0.29) is 16.8 Å². The van der Waals surface area contributed by atoms with Crippen LogP contribution in [0.25, 0.3) is 0 Å². The molecule has 2 rings (SSSR count). The van der Waals surface area contributed by atoms with E-state index in [1.807, 2.05) is 6.07 Å². The number of nitrogens with one attached hydrogen (secondary N) is 1. The van der Waals surface area contributed by atoms with E-state index < -0.39 is 0 Å². The lowest BCUT2D eigenvalue weighted by atomic mass is 10.2. The molecule has 2 aromatic rings. The van der Waals surface area contributed by atoms with Gasteiger partial charge in [-0.2, -0.15) is 0 Å². The third kappa shape index (κ3) is 4.51. The molecule has 114 valence electrons. The lowest BCUT2D eigenvalue weighted by Gasteiger charge is -2.10. The quantitative estimate of drug-likeness (QED) is 0.901. The van der Waals surface area contributed by atoms with Gasteiger partial charge >= 0.3 is 0 Å². The standard InChI is InChI=1S/C16H14ClNO3S/c1-21-14-8-7-12(17)9-13(14)18-15(19)10-22-16(20)11-5-3-2-4-6-11/h2-9H,10H2,1H3,(H,18,19). The minimum atomic E-state index is -0.296. The number of ether oxygens (including phenoxy) is 1. The summed E-state index contributed by atoms with van der Waals surface area (Å²) in [6.07, 6.45) is 0. The summed E-state index contributed by atoms with van der Waals surface area (Å²) in [5.41, 5.74) is 1.05. The summed E-state index contributed by atoms with van der Waals surface area (Å²) >= 11 is 6.85. The minimum Gasteiger partial charge on any atom is -0.495 e. The molecular formula is C16H14ClNO3S. The average Bonchev–Trinajstić information content (AvgIpc) is 2.53. The van der Waals surface area contributed by atoms with Crippen molar-refractivity contribution in [2.75, 3.05) is 18.2 Å². The summed E-state index contributed by atoms with van der Waals surface area (Å²) in [5, 5.41) is 3.03. The van der Waals surface area contributed by atoms with Crippen molar-refractivity contribution in [3.63, 3.8) is 0 Å². The molecule has 6 heteroatoms. The first-order chi connectivity index (χ1) is 10.6. The van der Waals surface area contributed by atoms with Crippen molar-refractivity contribution in [2.24, 2.45) is 0 Å². The summed E-state index contributed by atoms with van der Waals surface area (Å²) in [6, 6.07) is 13.8. The maximum atomic E-state index is 11.9. The predicted octanol–water partition coefficient (Wildman–Crippen LogP) is 3.86. The maximum absolute atomic E-state index is 11.9. The van der Waals surface area contributed by atoms with Crippen molar-refractivity contribution < 1.29 is 14.3 Å². The summed E-state index contributed by atoms with van der Waals surface area (Å²) in [7, 11) is 1.51. The second-order valence-corrected chi connectivity index (χ2v) is 5.72. The summed E-state index contributed by atoms with van der Waals surface area (Å²) < 4.78 is 5.15. The van der Waals surface area contributed by atoms with E-state index in [0.29, 0.717) is 22.0 Å². The van der Waals surface area contributed by atoms with Crippen molar-refractivity contribution in [1.29, 1.82) is 0 Å². The van der Waals surface area contributed by atoms with Crippen LogP contribution in [0.5, 0.6) is 5.75 Å². The van der Waals surface area contributed by atoms with E-state index in [1.165, 1.54) is 7.11 Å². The normalized spacial score (nSPS) is 10.1. The van der Waals surface area contributed by atoms with Gasteiger partial charge in [0.2, 0.25) is 11.0 Å². The fourth-order valence-corrected chi connectivity index (χ4v) is 2.56. The molecule has 0 atom stereocenters. The zero-order valence-corrected chi connectivity index (χ0v) is 13.4. The van der Waals surface area contributed by atoms with Crippen LogP contribution < -0.4 is 10.1 Å². The number of rotatable bonds is 5. The van der Waals surface area contributed by atoms with Crippen molar-refractivity contribution >= 4 is 40.1 Å². The Morgan fingerprint density at radius 1 is 1.18 bits per heavy atom. The van der Waals surface area contributed by atoms with Crippen LogP contribution in [0.15, 0.2) is 48.5 Å². The van der Waals surface area contributed by atoms with Crippen LogP contribution in [0.1, 0.15) is 10.4 Å². The first-order valence-corrected chi connectivity index (χ1v) is 7.82. The molecule has 0 heterocycles. The van der Waals surface area contributed by atoms with Gasteiger partial charge in [-0.3, -0.25) is 9.59 Å². The Bertz CT molecular complexity index is 676. The predicted molar refractivity (Wildman–Crippen MR) is 89.9 cm³/mol. The van der Waals surface area contributed by atoms with Crippen LogP contribution in [-0.2, 0) is 4.79 Å². The second-order valence-electron chi connectivity index (χ2n) is 4.33. The zero-order chi connectivity index (χ0) is 15.9. The molecule has 0 saturated carbocycles. The van der Waals surface area contributed by atoms with Crippen LogP contribution >= 0.6 is 23.4 Å². The van der Waals surface area contributed by atoms with E-state index in [2.05, 4.69) is 5.32 Å². The molecule has 0 saturated heterocycles. The van der Waals surface area contributed by atoms with Crippen LogP contribution in [0.2, 0.25) is 5.02 Å². The SMILES string of the molecule is COc1ccc(Cl)cc1NC(=O)CSC(=O)c1ccccc1. The number of methoxy groups -OCH3 is 1. The molecule has 0 spiro atoms. The third-order valence-electron chi connectivity index (χ3n) is 2.78. The Labute approximate surface area is 137 Å². The van der Waals surface area contributed by atoms with Crippen molar-refractivity contribution in [3.05, 3.63) is 59.1 Å². The summed E-state index contributed by atoms with van der Waals surface area (Å²) in [5.74, 6) is 0.232. The van der Waals surface area contributed by atoms with E-state index in [4.69, 9.17) is 16.3 Å². The van der Waals surface area contributed by atoms with Crippen LogP contribution in [0.4, 0.5) is 5.69 Å². The van der Waals surface area contributed by atoms with E-state index in [0.717, 1.165) is 11.8 Å². The monoisotopic (exact) mass is 335 g/mol. The third-order valence-corrected chi connectivity index (χ3v) is 3.92. The Morgan fingerprint density at radius 3 is 2.59 bits per heavy atom. The highest BCUT2D eigenvalue weighted by Gasteiger charge is 2.12. The molecule has 2 aromatic carbocycles. The fraction of sp³-hybridized carbons (Fsp3) is 0.125. The van der Waals surface area contributed by atoms with Gasteiger partial charge in [0.15, 0.2) is 0 Å². The molecule has 0 fully saturated rings. The van der Waals surface area contributed by atoms with Gasteiger partial charge in [-0.05, 0) is 18.2 Å². The number of thioether (sulfide) groups is 1. The fourth-order valence-electron chi connectivity index (χ4n) is 1.75. The number of halogens is 1. The Morgan fingerprint density at radius 2 is 1.91 bits per heavy atom. The maximum Gasteiger partial charge on any atom is 0.234 e. The van der Waals surface area contributed by atoms with Crippen LogP contribution in [0.3, 0.4) is 0 Å². The molecule has 1 N–H and O–H groups in total. The van der Waals surface area contributed by atoms with E-state index in [1.54, 1.807) is 42.5 Å². The lowest BCUT2D eigenvalue weighted by molar-refractivity contribution is -0.113. The molecule has 0 bridgehead atoms. The van der Waals surface area contributed by atoms with Gasteiger partial charge in [-0.15, -0.1) is 0 Å². The van der Waals surface area contributed by atoms with Crippen molar-refractivity contribution in [1.82, 2.24) is 0 Å². The number of hydrogen-bond donors (Lipinski definition) is 1. The van der Waals surface area contributed by atoms with E-state index in [9.17, 15) is 9.59 Å². The van der Waals surface area contributed by atoms with Gasteiger partial charge in [0.1, 0.15) is 5.75 Å². The van der Waals surface area contributed by atoms with Gasteiger partial charge in [-0.1, -0.05) is 53.7 Å². The smallest absolute Gasteiger partial charge is 0.234 e. The minimum absolute atomic E-state index is 0.0173. The highest BCUT2D eigenvalue weighted by atomic mass is 35.5. The number of anilines is 1. The summed E-state index contributed by atoms with van der Waals surface area (Å²) in [6.45, 7) is 0. The number of carbonyl (C=O) groups is 2. The number of carbonyl (C=O) groups excluding carboxylic acids is 2. The largest absolute Gasteiger partial charge is 0.495 e. The molecule has 0 aromatic heterocycles. The molecular weight excluding hydrogens is 322 g/mol. The first-order valence-electron chi connectivity index (χ1n) is 6.45. The average molecular weight is 336 g/mol. The van der Waals surface area contributed by atoms with Gasteiger partial charge in [0.05, 0.1) is 18.6 Å². The van der Waals surface area contributed by atoms with Gasteiger partial charge < -0.3 is 10.1 Å². The first kappa shape index (κ1) is 16.4. The Hall–Kier alpha value is -1.98. The number of benzene rings is 2. The molecule has 1 amide bonds. The Balaban J connectivity index is 1.94. The highest BCUT2D eigenvalue weighted by Crippen LogP contribution is 2.27. The van der Waals surface area contributed by atoms with Crippen molar-refractivity contribution in [3.8, 4) is 5.75 Å². The molecule has 4 nitrogen and oxygen atoms in total. The molecule has 22 heavy (non-hydrogen) atoms. The second kappa shape index (κ2) is 7.87. The molecule has 0 unspecified atom stereocenters. The molecule has 0 aliphatic heterocycles.